The summed E-state index contributed by atoms with van der Waals surface area (Å²) in [5.74, 6) is -0.200. The van der Waals surface area contributed by atoms with Gasteiger partial charge in [-0.05, 0) is 19.4 Å². The maximum absolute atomic E-state index is 11.4. The normalized spacial score (nSPS) is 24.2. The number of carbonyl (C=O) groups excluding carboxylic acids is 1. The van der Waals surface area contributed by atoms with E-state index in [4.69, 9.17) is 0 Å². The van der Waals surface area contributed by atoms with Crippen molar-refractivity contribution in [1.82, 2.24) is 10.6 Å². The van der Waals surface area contributed by atoms with E-state index in [1.54, 1.807) is 0 Å². The molecule has 0 saturated heterocycles. The van der Waals surface area contributed by atoms with E-state index in [1.807, 2.05) is 13.8 Å². The van der Waals surface area contributed by atoms with E-state index in [0.717, 1.165) is 11.8 Å². The number of sulfone groups is 1. The Hall–Kier alpha value is -0.880. The largest absolute Gasteiger partial charge is 0.348 e. The molecule has 0 saturated carbocycles. The van der Waals surface area contributed by atoms with Crippen LogP contribution in [0.4, 0.5) is 0 Å². The Kier molecular flexibility index (Phi) is 4.49. The first kappa shape index (κ1) is 13.2. The lowest BCUT2D eigenvalue weighted by Gasteiger charge is -2.13. The van der Waals surface area contributed by atoms with Crippen LogP contribution in [0, 0.1) is 0 Å². The van der Waals surface area contributed by atoms with Crippen LogP contribution in [0.1, 0.15) is 20.3 Å². The second-order valence-electron chi connectivity index (χ2n) is 4.02. The third-order valence-corrected chi connectivity index (χ3v) is 3.90. The van der Waals surface area contributed by atoms with Crippen molar-refractivity contribution in [3.8, 4) is 0 Å². The van der Waals surface area contributed by atoms with Gasteiger partial charge < -0.3 is 10.6 Å². The number of hydrogen-bond acceptors (Lipinski definition) is 4. The summed E-state index contributed by atoms with van der Waals surface area (Å²) < 4.78 is 22.2. The maximum atomic E-state index is 11.4. The van der Waals surface area contributed by atoms with Crippen LogP contribution in [0.5, 0.6) is 0 Å². The Balaban J connectivity index is 2.29. The average molecular weight is 246 g/mol. The predicted octanol–water partition coefficient (Wildman–Crippen LogP) is -0.199. The number of hydrogen-bond donors (Lipinski definition) is 2. The minimum absolute atomic E-state index is 0.0257. The predicted molar refractivity (Wildman–Crippen MR) is 62.6 cm³/mol. The molecule has 1 heterocycles. The van der Waals surface area contributed by atoms with Crippen LogP contribution >= 0.6 is 0 Å². The summed E-state index contributed by atoms with van der Waals surface area (Å²) >= 11 is 0. The van der Waals surface area contributed by atoms with E-state index in [-0.39, 0.29) is 30.3 Å². The lowest BCUT2D eigenvalue weighted by molar-refractivity contribution is -0.120. The smallest absolute Gasteiger partial charge is 0.234 e. The van der Waals surface area contributed by atoms with Gasteiger partial charge >= 0.3 is 0 Å². The average Bonchev–Trinajstić information content (AvgIpc) is 2.54. The number of amides is 1. The second kappa shape index (κ2) is 5.45. The molecule has 0 aromatic carbocycles. The van der Waals surface area contributed by atoms with Gasteiger partial charge in [-0.1, -0.05) is 6.92 Å². The molecule has 0 bridgehead atoms. The van der Waals surface area contributed by atoms with Gasteiger partial charge in [0.25, 0.3) is 0 Å². The molecule has 0 aliphatic carbocycles. The summed E-state index contributed by atoms with van der Waals surface area (Å²) in [4.78, 5) is 11.4. The molecule has 2 atom stereocenters. The molecule has 2 unspecified atom stereocenters. The van der Waals surface area contributed by atoms with Gasteiger partial charge in [-0.25, -0.2) is 8.42 Å². The summed E-state index contributed by atoms with van der Waals surface area (Å²) in [5.41, 5.74) is 0. The monoisotopic (exact) mass is 246 g/mol. The van der Waals surface area contributed by atoms with Crippen molar-refractivity contribution in [2.45, 2.75) is 32.4 Å². The Labute approximate surface area is 96.2 Å². The number of nitrogens with one attached hydrogen (secondary N) is 2. The molecule has 1 rings (SSSR count). The Morgan fingerprint density at radius 2 is 2.25 bits per heavy atom. The quantitative estimate of drug-likeness (QED) is 0.704. The summed E-state index contributed by atoms with van der Waals surface area (Å²) in [7, 11) is -3.09. The van der Waals surface area contributed by atoms with Gasteiger partial charge in [0.15, 0.2) is 9.84 Å². The van der Waals surface area contributed by atoms with E-state index in [2.05, 4.69) is 10.6 Å². The van der Waals surface area contributed by atoms with Crippen molar-refractivity contribution in [3.05, 3.63) is 11.5 Å². The van der Waals surface area contributed by atoms with Crippen LogP contribution in [0.25, 0.3) is 0 Å². The molecule has 0 aromatic heterocycles. The highest BCUT2D eigenvalue weighted by molar-refractivity contribution is 7.94. The molecular weight excluding hydrogens is 228 g/mol. The van der Waals surface area contributed by atoms with E-state index in [0.29, 0.717) is 0 Å². The first-order chi connectivity index (χ1) is 7.43. The molecule has 0 aromatic rings. The van der Waals surface area contributed by atoms with Gasteiger partial charge in [0.05, 0.1) is 18.3 Å². The Bertz CT molecular complexity index is 376. The molecule has 0 fully saturated rings. The third-order valence-electron chi connectivity index (χ3n) is 2.50. The van der Waals surface area contributed by atoms with Crippen molar-refractivity contribution in [1.29, 1.82) is 0 Å². The molecule has 5 nitrogen and oxygen atoms in total. The zero-order valence-corrected chi connectivity index (χ0v) is 10.4. The molecular formula is C10H18N2O3S. The Morgan fingerprint density at radius 3 is 2.75 bits per heavy atom. The molecule has 16 heavy (non-hydrogen) atoms. The van der Waals surface area contributed by atoms with Crippen molar-refractivity contribution >= 4 is 15.7 Å². The zero-order valence-electron chi connectivity index (χ0n) is 9.56. The van der Waals surface area contributed by atoms with Crippen molar-refractivity contribution in [2.75, 3.05) is 12.3 Å². The van der Waals surface area contributed by atoms with Crippen molar-refractivity contribution < 1.29 is 13.2 Å². The molecule has 0 spiro atoms. The van der Waals surface area contributed by atoms with Gasteiger partial charge in [-0.15, -0.1) is 0 Å². The Morgan fingerprint density at radius 1 is 1.56 bits per heavy atom. The first-order valence-electron chi connectivity index (χ1n) is 5.36. The van der Waals surface area contributed by atoms with Gasteiger partial charge in [0.1, 0.15) is 0 Å². The highest BCUT2D eigenvalue weighted by atomic mass is 32.2. The summed E-state index contributed by atoms with van der Waals surface area (Å²) in [6.45, 7) is 4.24. The van der Waals surface area contributed by atoms with E-state index >= 15 is 0 Å². The third kappa shape index (κ3) is 4.32. The number of rotatable bonds is 5. The first-order valence-corrected chi connectivity index (χ1v) is 7.08. The molecule has 1 aliphatic heterocycles. The molecule has 2 N–H and O–H groups in total. The van der Waals surface area contributed by atoms with E-state index in [1.165, 1.54) is 6.08 Å². The van der Waals surface area contributed by atoms with Gasteiger partial charge in [0.2, 0.25) is 5.91 Å². The molecule has 6 heteroatoms. The minimum Gasteiger partial charge on any atom is -0.348 e. The summed E-state index contributed by atoms with van der Waals surface area (Å²) in [6, 6.07) is -0.0927. The van der Waals surface area contributed by atoms with Crippen LogP contribution in [-0.4, -0.2) is 38.7 Å². The molecule has 92 valence electrons. The highest BCUT2D eigenvalue weighted by Gasteiger charge is 2.22. The number of carbonyl (C=O) groups is 1. The van der Waals surface area contributed by atoms with E-state index < -0.39 is 9.84 Å². The highest BCUT2D eigenvalue weighted by Crippen LogP contribution is 2.07. The van der Waals surface area contributed by atoms with Crippen LogP contribution in [0.15, 0.2) is 11.5 Å². The SMILES string of the molecule is CCC(C)NCC(=O)NC1C=CS(=O)(=O)C1. The molecule has 0 radical (unpaired) electrons. The summed E-state index contributed by atoms with van der Waals surface area (Å²) in [5, 5.41) is 6.84. The maximum Gasteiger partial charge on any atom is 0.234 e. The fraction of sp³-hybridized carbons (Fsp3) is 0.700. The topological polar surface area (TPSA) is 75.3 Å². The van der Waals surface area contributed by atoms with Crippen molar-refractivity contribution in [2.24, 2.45) is 0 Å². The van der Waals surface area contributed by atoms with Crippen LogP contribution in [0.2, 0.25) is 0 Å². The van der Waals surface area contributed by atoms with Gasteiger partial charge in [-0.3, -0.25) is 4.79 Å². The minimum atomic E-state index is -3.09. The second-order valence-corrected chi connectivity index (χ2v) is 5.95. The van der Waals surface area contributed by atoms with Crippen LogP contribution < -0.4 is 10.6 Å². The summed E-state index contributed by atoms with van der Waals surface area (Å²) in [6.07, 6.45) is 2.46. The van der Waals surface area contributed by atoms with Crippen LogP contribution in [-0.2, 0) is 14.6 Å². The van der Waals surface area contributed by atoms with Gasteiger partial charge in [0, 0.05) is 11.4 Å². The van der Waals surface area contributed by atoms with E-state index in [9.17, 15) is 13.2 Å². The lowest BCUT2D eigenvalue weighted by Crippen LogP contribution is -2.42. The zero-order chi connectivity index (χ0) is 12.2. The van der Waals surface area contributed by atoms with Crippen LogP contribution in [0.3, 0.4) is 0 Å². The molecule has 1 amide bonds. The standard InChI is InChI=1S/C10H18N2O3S/c1-3-8(2)11-6-10(13)12-9-4-5-16(14,15)7-9/h4-5,8-9,11H,3,6-7H2,1-2H3,(H,12,13). The van der Waals surface area contributed by atoms with Gasteiger partial charge in [-0.2, -0.15) is 0 Å². The lowest BCUT2D eigenvalue weighted by atomic mass is 10.2. The molecule has 1 aliphatic rings. The fourth-order valence-electron chi connectivity index (χ4n) is 1.33. The van der Waals surface area contributed by atoms with Crippen molar-refractivity contribution in [3.63, 3.8) is 0 Å². The fourth-order valence-corrected chi connectivity index (χ4v) is 2.57.